The van der Waals surface area contributed by atoms with E-state index in [0.29, 0.717) is 12.1 Å². The third kappa shape index (κ3) is 2.76. The summed E-state index contributed by atoms with van der Waals surface area (Å²) in [6, 6.07) is 7.12. The zero-order valence-corrected chi connectivity index (χ0v) is 10.6. The van der Waals surface area contributed by atoms with Gasteiger partial charge in [-0.1, -0.05) is 17.7 Å². The molecular formula is C13H18ClNO. The first-order chi connectivity index (χ1) is 7.69. The van der Waals surface area contributed by atoms with Gasteiger partial charge < -0.3 is 10.1 Å². The van der Waals surface area contributed by atoms with Crippen LogP contribution in [0.2, 0.25) is 5.02 Å². The number of fused-ring (bicyclic) bond motifs is 1. The molecule has 2 atom stereocenters. The lowest BCUT2D eigenvalue weighted by Crippen LogP contribution is -2.39. The van der Waals surface area contributed by atoms with Crippen LogP contribution in [0.15, 0.2) is 18.2 Å². The summed E-state index contributed by atoms with van der Waals surface area (Å²) in [7, 11) is 1.74. The Morgan fingerprint density at radius 3 is 2.94 bits per heavy atom. The molecule has 2 unspecified atom stereocenters. The molecule has 2 nitrogen and oxygen atoms in total. The first kappa shape index (κ1) is 11.9. The first-order valence-corrected chi connectivity index (χ1v) is 6.09. The highest BCUT2D eigenvalue weighted by Gasteiger charge is 2.22. The average molecular weight is 240 g/mol. The van der Waals surface area contributed by atoms with Crippen LogP contribution in [0.25, 0.3) is 0 Å². The molecular weight excluding hydrogens is 222 g/mol. The SMILES string of the molecule is COCC(C)NC1Cc2ccc(Cl)cc2C1. The molecule has 1 aromatic carbocycles. The highest BCUT2D eigenvalue weighted by Crippen LogP contribution is 2.25. The molecule has 16 heavy (non-hydrogen) atoms. The van der Waals surface area contributed by atoms with Crippen molar-refractivity contribution in [2.45, 2.75) is 31.8 Å². The summed E-state index contributed by atoms with van der Waals surface area (Å²) in [6.45, 7) is 2.91. The Labute approximate surface area is 102 Å². The number of methoxy groups -OCH3 is 1. The fourth-order valence-corrected chi connectivity index (χ4v) is 2.60. The van der Waals surface area contributed by atoms with Gasteiger partial charge in [0.1, 0.15) is 0 Å². The molecule has 0 bridgehead atoms. The van der Waals surface area contributed by atoms with Crippen LogP contribution >= 0.6 is 11.6 Å². The summed E-state index contributed by atoms with van der Waals surface area (Å²) >= 11 is 5.99. The van der Waals surface area contributed by atoms with Gasteiger partial charge in [0.2, 0.25) is 0 Å². The maximum atomic E-state index is 5.99. The van der Waals surface area contributed by atoms with E-state index in [2.05, 4.69) is 24.4 Å². The van der Waals surface area contributed by atoms with Gasteiger partial charge in [0.25, 0.3) is 0 Å². The fraction of sp³-hybridized carbons (Fsp3) is 0.538. The lowest BCUT2D eigenvalue weighted by molar-refractivity contribution is 0.167. The summed E-state index contributed by atoms with van der Waals surface area (Å²) in [6.07, 6.45) is 2.17. The number of rotatable bonds is 4. The van der Waals surface area contributed by atoms with E-state index in [0.717, 1.165) is 24.5 Å². The van der Waals surface area contributed by atoms with Gasteiger partial charge in [0.15, 0.2) is 0 Å². The third-order valence-corrected chi connectivity index (χ3v) is 3.27. The Morgan fingerprint density at radius 1 is 1.44 bits per heavy atom. The number of nitrogens with one attached hydrogen (secondary N) is 1. The summed E-state index contributed by atoms with van der Waals surface area (Å²) < 4.78 is 5.13. The summed E-state index contributed by atoms with van der Waals surface area (Å²) in [5, 5.41) is 4.42. The van der Waals surface area contributed by atoms with Crippen molar-refractivity contribution in [1.29, 1.82) is 0 Å². The summed E-state index contributed by atoms with van der Waals surface area (Å²) in [5.41, 5.74) is 2.81. The van der Waals surface area contributed by atoms with Crippen LogP contribution in [0.3, 0.4) is 0 Å². The summed E-state index contributed by atoms with van der Waals surface area (Å²) in [5.74, 6) is 0. The number of hydrogen-bond donors (Lipinski definition) is 1. The minimum absolute atomic E-state index is 0.403. The van der Waals surface area contributed by atoms with E-state index in [1.54, 1.807) is 7.11 Å². The predicted molar refractivity (Wildman–Crippen MR) is 67.1 cm³/mol. The lowest BCUT2D eigenvalue weighted by atomic mass is 10.1. The van der Waals surface area contributed by atoms with E-state index in [1.807, 2.05) is 6.07 Å². The molecule has 0 amide bonds. The molecule has 0 spiro atoms. The quantitative estimate of drug-likeness (QED) is 0.872. The minimum atomic E-state index is 0.403. The van der Waals surface area contributed by atoms with Gasteiger partial charge >= 0.3 is 0 Å². The molecule has 1 aromatic rings. The van der Waals surface area contributed by atoms with Crippen LogP contribution in [-0.4, -0.2) is 25.8 Å². The number of halogens is 1. The molecule has 0 fully saturated rings. The number of ether oxygens (including phenoxy) is 1. The molecule has 2 rings (SSSR count). The smallest absolute Gasteiger partial charge is 0.0613 e. The molecule has 3 heteroatoms. The van der Waals surface area contributed by atoms with E-state index in [9.17, 15) is 0 Å². The van der Waals surface area contributed by atoms with Crippen LogP contribution < -0.4 is 5.32 Å². The van der Waals surface area contributed by atoms with Crippen molar-refractivity contribution in [2.24, 2.45) is 0 Å². The maximum absolute atomic E-state index is 5.99. The van der Waals surface area contributed by atoms with Crippen molar-refractivity contribution in [3.63, 3.8) is 0 Å². The normalized spacial score (nSPS) is 20.8. The van der Waals surface area contributed by atoms with Gasteiger partial charge in [-0.15, -0.1) is 0 Å². The van der Waals surface area contributed by atoms with Gasteiger partial charge in [-0.05, 0) is 43.0 Å². The largest absolute Gasteiger partial charge is 0.383 e. The predicted octanol–water partition coefficient (Wildman–Crippen LogP) is 2.43. The number of hydrogen-bond acceptors (Lipinski definition) is 2. The van der Waals surface area contributed by atoms with E-state index in [4.69, 9.17) is 16.3 Å². The standard InChI is InChI=1S/C13H18ClNO/c1-9(8-16-2)15-13-6-10-3-4-12(14)5-11(10)7-13/h3-5,9,13,15H,6-8H2,1-2H3. The summed E-state index contributed by atoms with van der Waals surface area (Å²) in [4.78, 5) is 0. The van der Waals surface area contributed by atoms with Crippen LogP contribution in [-0.2, 0) is 17.6 Å². The van der Waals surface area contributed by atoms with Crippen molar-refractivity contribution < 1.29 is 4.74 Å². The van der Waals surface area contributed by atoms with Crippen molar-refractivity contribution in [3.05, 3.63) is 34.3 Å². The topological polar surface area (TPSA) is 21.3 Å². The Balaban J connectivity index is 1.95. The Morgan fingerprint density at radius 2 is 2.19 bits per heavy atom. The van der Waals surface area contributed by atoms with Crippen LogP contribution in [0.1, 0.15) is 18.1 Å². The second kappa shape index (κ2) is 5.17. The Kier molecular flexibility index (Phi) is 3.85. The van der Waals surface area contributed by atoms with E-state index in [1.165, 1.54) is 11.1 Å². The van der Waals surface area contributed by atoms with E-state index in [-0.39, 0.29) is 0 Å². The monoisotopic (exact) mass is 239 g/mol. The highest BCUT2D eigenvalue weighted by molar-refractivity contribution is 6.30. The van der Waals surface area contributed by atoms with Crippen LogP contribution in [0.4, 0.5) is 0 Å². The fourth-order valence-electron chi connectivity index (χ4n) is 2.41. The molecule has 1 aliphatic rings. The number of benzene rings is 1. The Hall–Kier alpha value is -0.570. The van der Waals surface area contributed by atoms with Gasteiger partial charge in [0.05, 0.1) is 6.61 Å². The first-order valence-electron chi connectivity index (χ1n) is 5.71. The molecule has 1 N–H and O–H groups in total. The van der Waals surface area contributed by atoms with Gasteiger partial charge in [0, 0.05) is 24.2 Å². The zero-order chi connectivity index (χ0) is 11.5. The van der Waals surface area contributed by atoms with Gasteiger partial charge in [-0.2, -0.15) is 0 Å². The molecule has 0 saturated heterocycles. The van der Waals surface area contributed by atoms with E-state index >= 15 is 0 Å². The third-order valence-electron chi connectivity index (χ3n) is 3.04. The van der Waals surface area contributed by atoms with E-state index < -0.39 is 0 Å². The second-order valence-corrected chi connectivity index (χ2v) is 4.98. The van der Waals surface area contributed by atoms with Gasteiger partial charge in [-0.3, -0.25) is 0 Å². The van der Waals surface area contributed by atoms with Gasteiger partial charge in [-0.25, -0.2) is 0 Å². The van der Waals surface area contributed by atoms with Crippen molar-refractivity contribution in [3.8, 4) is 0 Å². The molecule has 1 aliphatic carbocycles. The average Bonchev–Trinajstić information content (AvgIpc) is 2.59. The minimum Gasteiger partial charge on any atom is -0.383 e. The lowest BCUT2D eigenvalue weighted by Gasteiger charge is -2.18. The van der Waals surface area contributed by atoms with Crippen molar-refractivity contribution in [2.75, 3.05) is 13.7 Å². The van der Waals surface area contributed by atoms with Crippen molar-refractivity contribution in [1.82, 2.24) is 5.32 Å². The molecule has 0 heterocycles. The highest BCUT2D eigenvalue weighted by atomic mass is 35.5. The molecule has 88 valence electrons. The molecule has 0 aromatic heterocycles. The maximum Gasteiger partial charge on any atom is 0.0613 e. The van der Waals surface area contributed by atoms with Crippen LogP contribution in [0.5, 0.6) is 0 Å². The zero-order valence-electron chi connectivity index (χ0n) is 9.79. The second-order valence-electron chi connectivity index (χ2n) is 4.54. The molecule has 0 saturated carbocycles. The Bertz CT molecular complexity index is 367. The molecule has 0 aliphatic heterocycles. The van der Waals surface area contributed by atoms with Crippen LogP contribution in [0, 0.1) is 0 Å². The molecule has 0 radical (unpaired) electrons. The van der Waals surface area contributed by atoms with Crippen molar-refractivity contribution >= 4 is 11.6 Å².